The maximum atomic E-state index is 11.3. The number of esters is 1. The molecule has 1 aromatic rings. The van der Waals surface area contributed by atoms with Gasteiger partial charge in [0.2, 0.25) is 0 Å². The minimum Gasteiger partial charge on any atom is -0.466 e. The summed E-state index contributed by atoms with van der Waals surface area (Å²) in [5, 5.41) is 0.891. The summed E-state index contributed by atoms with van der Waals surface area (Å²) in [5.74, 6) is -0.158. The standard InChI is InChI=1S/C12H15ClO2S/c1-3-15-12(14)8-9(2)16-11-7-5-4-6-10(11)13/h4-7,9H,3,8H2,1-2H3. The third-order valence-corrected chi connectivity index (χ3v) is 3.54. The van der Waals surface area contributed by atoms with Gasteiger partial charge in [0.05, 0.1) is 18.1 Å². The molecule has 1 rings (SSSR count). The summed E-state index contributed by atoms with van der Waals surface area (Å²) in [5.41, 5.74) is 0. The predicted molar refractivity (Wildman–Crippen MR) is 68.0 cm³/mol. The molecule has 2 nitrogen and oxygen atoms in total. The van der Waals surface area contributed by atoms with Crippen molar-refractivity contribution in [3.63, 3.8) is 0 Å². The largest absolute Gasteiger partial charge is 0.466 e. The van der Waals surface area contributed by atoms with Gasteiger partial charge in [-0.15, -0.1) is 11.8 Å². The van der Waals surface area contributed by atoms with Crippen LogP contribution in [0, 0.1) is 0 Å². The molecule has 1 aromatic carbocycles. The van der Waals surface area contributed by atoms with Crippen molar-refractivity contribution in [1.29, 1.82) is 0 Å². The second kappa shape index (κ2) is 6.81. The lowest BCUT2D eigenvalue weighted by molar-refractivity contribution is -0.142. The van der Waals surface area contributed by atoms with E-state index in [4.69, 9.17) is 16.3 Å². The Morgan fingerprint density at radius 1 is 1.50 bits per heavy atom. The van der Waals surface area contributed by atoms with E-state index in [2.05, 4.69) is 0 Å². The maximum absolute atomic E-state index is 11.3. The van der Waals surface area contributed by atoms with Crippen LogP contribution in [0.4, 0.5) is 0 Å². The molecule has 0 radical (unpaired) electrons. The second-order valence-corrected chi connectivity index (χ2v) is 5.26. The molecule has 0 bridgehead atoms. The van der Waals surface area contributed by atoms with Gasteiger partial charge in [-0.3, -0.25) is 4.79 Å². The molecule has 0 saturated heterocycles. The number of carbonyl (C=O) groups excluding carboxylic acids is 1. The van der Waals surface area contributed by atoms with Gasteiger partial charge in [0.25, 0.3) is 0 Å². The zero-order valence-corrected chi connectivity index (χ0v) is 11.0. The number of ether oxygens (including phenoxy) is 1. The SMILES string of the molecule is CCOC(=O)CC(C)Sc1ccccc1Cl. The van der Waals surface area contributed by atoms with Gasteiger partial charge < -0.3 is 4.74 Å². The fourth-order valence-corrected chi connectivity index (χ4v) is 2.51. The lowest BCUT2D eigenvalue weighted by atomic mass is 10.3. The van der Waals surface area contributed by atoms with E-state index >= 15 is 0 Å². The highest BCUT2D eigenvalue weighted by atomic mass is 35.5. The van der Waals surface area contributed by atoms with Gasteiger partial charge in [-0.1, -0.05) is 30.7 Å². The van der Waals surface area contributed by atoms with Crippen LogP contribution in [-0.2, 0) is 9.53 Å². The Kier molecular flexibility index (Phi) is 5.71. The van der Waals surface area contributed by atoms with Crippen LogP contribution in [0.2, 0.25) is 5.02 Å². The monoisotopic (exact) mass is 258 g/mol. The summed E-state index contributed by atoms with van der Waals surface area (Å²) in [4.78, 5) is 12.3. The van der Waals surface area contributed by atoms with Gasteiger partial charge in [-0.05, 0) is 19.1 Å². The van der Waals surface area contributed by atoms with Gasteiger partial charge in [0.15, 0.2) is 0 Å². The van der Waals surface area contributed by atoms with E-state index in [0.717, 1.165) is 9.92 Å². The number of hydrogen-bond acceptors (Lipinski definition) is 3. The highest BCUT2D eigenvalue weighted by Crippen LogP contribution is 2.31. The first kappa shape index (κ1) is 13.4. The first-order valence-electron chi connectivity index (χ1n) is 5.20. The van der Waals surface area contributed by atoms with Crippen LogP contribution in [0.5, 0.6) is 0 Å². The van der Waals surface area contributed by atoms with Gasteiger partial charge >= 0.3 is 5.97 Å². The summed E-state index contributed by atoms with van der Waals surface area (Å²) in [6, 6.07) is 7.63. The molecule has 0 spiro atoms. The van der Waals surface area contributed by atoms with Crippen molar-refractivity contribution < 1.29 is 9.53 Å². The number of benzene rings is 1. The van der Waals surface area contributed by atoms with Crippen LogP contribution >= 0.6 is 23.4 Å². The quantitative estimate of drug-likeness (QED) is 0.594. The van der Waals surface area contributed by atoms with E-state index in [1.165, 1.54) is 0 Å². The van der Waals surface area contributed by atoms with Crippen molar-refractivity contribution in [2.75, 3.05) is 6.61 Å². The Labute approximate surface area is 105 Å². The number of carbonyl (C=O) groups is 1. The van der Waals surface area contributed by atoms with E-state index in [9.17, 15) is 4.79 Å². The lowest BCUT2D eigenvalue weighted by Crippen LogP contribution is -2.10. The molecule has 88 valence electrons. The van der Waals surface area contributed by atoms with Crippen LogP contribution < -0.4 is 0 Å². The topological polar surface area (TPSA) is 26.3 Å². The highest BCUT2D eigenvalue weighted by molar-refractivity contribution is 8.00. The fraction of sp³-hybridized carbons (Fsp3) is 0.417. The first-order chi connectivity index (χ1) is 7.63. The van der Waals surface area contributed by atoms with Gasteiger partial charge in [0, 0.05) is 10.1 Å². The van der Waals surface area contributed by atoms with E-state index < -0.39 is 0 Å². The van der Waals surface area contributed by atoms with Crippen molar-refractivity contribution in [2.24, 2.45) is 0 Å². The van der Waals surface area contributed by atoms with Gasteiger partial charge in [0.1, 0.15) is 0 Å². The van der Waals surface area contributed by atoms with Crippen molar-refractivity contribution >= 4 is 29.3 Å². The molecule has 0 N–H and O–H groups in total. The average Bonchev–Trinajstić information content (AvgIpc) is 2.21. The zero-order valence-electron chi connectivity index (χ0n) is 9.40. The van der Waals surface area contributed by atoms with E-state index in [1.54, 1.807) is 11.8 Å². The molecule has 0 fully saturated rings. The van der Waals surface area contributed by atoms with Crippen molar-refractivity contribution in [2.45, 2.75) is 30.4 Å². The maximum Gasteiger partial charge on any atom is 0.306 e. The summed E-state index contributed by atoms with van der Waals surface area (Å²) in [6.07, 6.45) is 0.406. The van der Waals surface area contributed by atoms with Crippen molar-refractivity contribution in [3.8, 4) is 0 Å². The van der Waals surface area contributed by atoms with E-state index in [1.807, 2.05) is 38.1 Å². The minimum atomic E-state index is -0.158. The summed E-state index contributed by atoms with van der Waals surface area (Å²) in [6.45, 7) is 4.23. The molecule has 0 heterocycles. The first-order valence-corrected chi connectivity index (χ1v) is 6.46. The second-order valence-electron chi connectivity index (χ2n) is 3.37. The Morgan fingerprint density at radius 3 is 2.81 bits per heavy atom. The molecule has 0 aliphatic rings. The van der Waals surface area contributed by atoms with E-state index in [0.29, 0.717) is 13.0 Å². The Bertz CT molecular complexity index is 355. The van der Waals surface area contributed by atoms with Crippen LogP contribution in [0.1, 0.15) is 20.3 Å². The van der Waals surface area contributed by atoms with E-state index in [-0.39, 0.29) is 11.2 Å². The molecule has 0 amide bonds. The molecule has 4 heteroatoms. The number of rotatable bonds is 5. The zero-order chi connectivity index (χ0) is 12.0. The van der Waals surface area contributed by atoms with Crippen molar-refractivity contribution in [3.05, 3.63) is 29.3 Å². The highest BCUT2D eigenvalue weighted by Gasteiger charge is 2.12. The van der Waals surface area contributed by atoms with Crippen LogP contribution in [-0.4, -0.2) is 17.8 Å². The van der Waals surface area contributed by atoms with Crippen LogP contribution in [0.25, 0.3) is 0 Å². The Morgan fingerprint density at radius 2 is 2.19 bits per heavy atom. The Balaban J connectivity index is 2.48. The normalized spacial score (nSPS) is 12.2. The Hall–Kier alpha value is -0.670. The molecule has 0 aromatic heterocycles. The molecular formula is C12H15ClO2S. The summed E-state index contributed by atoms with van der Waals surface area (Å²) < 4.78 is 4.90. The third kappa shape index (κ3) is 4.45. The molecule has 1 atom stereocenters. The summed E-state index contributed by atoms with van der Waals surface area (Å²) in [7, 11) is 0. The fourth-order valence-electron chi connectivity index (χ4n) is 1.25. The predicted octanol–water partition coefficient (Wildman–Crippen LogP) is 3.77. The lowest BCUT2D eigenvalue weighted by Gasteiger charge is -2.11. The van der Waals surface area contributed by atoms with Crippen LogP contribution in [0.15, 0.2) is 29.2 Å². The number of thioether (sulfide) groups is 1. The molecular weight excluding hydrogens is 244 g/mol. The smallest absolute Gasteiger partial charge is 0.306 e. The molecule has 0 aliphatic carbocycles. The average molecular weight is 259 g/mol. The number of hydrogen-bond donors (Lipinski definition) is 0. The van der Waals surface area contributed by atoms with Crippen molar-refractivity contribution in [1.82, 2.24) is 0 Å². The molecule has 0 saturated carbocycles. The van der Waals surface area contributed by atoms with Crippen LogP contribution in [0.3, 0.4) is 0 Å². The molecule has 0 aliphatic heterocycles. The minimum absolute atomic E-state index is 0.158. The third-order valence-electron chi connectivity index (χ3n) is 1.92. The summed E-state index contributed by atoms with van der Waals surface area (Å²) >= 11 is 7.62. The molecule has 1 unspecified atom stereocenters. The van der Waals surface area contributed by atoms with Gasteiger partial charge in [-0.2, -0.15) is 0 Å². The molecule has 16 heavy (non-hydrogen) atoms. The van der Waals surface area contributed by atoms with Gasteiger partial charge in [-0.25, -0.2) is 0 Å². The number of halogens is 1.